The molecule has 6 heteroatoms. The van der Waals surface area contributed by atoms with Gasteiger partial charge in [0.2, 0.25) is 0 Å². The lowest BCUT2D eigenvalue weighted by molar-refractivity contribution is -0.142. The summed E-state index contributed by atoms with van der Waals surface area (Å²) in [7, 11) is 1.58. The molecule has 104 valence electrons. The van der Waals surface area contributed by atoms with Crippen LogP contribution in [0.2, 0.25) is 0 Å². The molecule has 0 bridgehead atoms. The molecule has 0 saturated carbocycles. The Bertz CT molecular complexity index is 306. The average Bonchev–Trinajstić information content (AvgIpc) is 2.52. The van der Waals surface area contributed by atoms with Crippen LogP contribution < -0.4 is 0 Å². The van der Waals surface area contributed by atoms with E-state index >= 15 is 0 Å². The number of carboxylic acid groups (broad SMARTS) is 1. The standard InChI is InChI=1S/C12H22N2O4/c1-9(15)8-13(2)12(18)14-7-5-3-4-6-10(14)11(16)17/h9-10,15H,3-8H2,1-2H3,(H,16,17). The van der Waals surface area contributed by atoms with E-state index in [1.165, 1.54) is 9.80 Å². The van der Waals surface area contributed by atoms with Gasteiger partial charge in [0, 0.05) is 20.1 Å². The Morgan fingerprint density at radius 3 is 2.61 bits per heavy atom. The van der Waals surface area contributed by atoms with E-state index in [0.717, 1.165) is 19.3 Å². The largest absolute Gasteiger partial charge is 0.480 e. The lowest BCUT2D eigenvalue weighted by atomic mass is 10.1. The quantitative estimate of drug-likeness (QED) is 0.782. The molecule has 1 aliphatic heterocycles. The smallest absolute Gasteiger partial charge is 0.326 e. The van der Waals surface area contributed by atoms with E-state index in [-0.39, 0.29) is 12.6 Å². The van der Waals surface area contributed by atoms with Crippen LogP contribution in [0.4, 0.5) is 4.79 Å². The number of rotatable bonds is 3. The zero-order valence-electron chi connectivity index (χ0n) is 11.0. The molecule has 0 aliphatic carbocycles. The molecule has 0 spiro atoms. The molecular formula is C12H22N2O4. The van der Waals surface area contributed by atoms with Crippen molar-refractivity contribution in [3.8, 4) is 0 Å². The summed E-state index contributed by atoms with van der Waals surface area (Å²) < 4.78 is 0. The van der Waals surface area contributed by atoms with Crippen molar-refractivity contribution in [1.82, 2.24) is 9.80 Å². The molecule has 0 aromatic carbocycles. The molecular weight excluding hydrogens is 236 g/mol. The number of likely N-dealkylation sites (N-methyl/N-ethyl adjacent to an activating group) is 1. The topological polar surface area (TPSA) is 81.1 Å². The van der Waals surface area contributed by atoms with E-state index in [1.54, 1.807) is 14.0 Å². The maximum absolute atomic E-state index is 12.2. The minimum atomic E-state index is -0.948. The molecule has 2 N–H and O–H groups in total. The zero-order valence-corrected chi connectivity index (χ0v) is 11.0. The predicted molar refractivity (Wildman–Crippen MR) is 66.3 cm³/mol. The zero-order chi connectivity index (χ0) is 13.7. The van der Waals surface area contributed by atoms with Crippen LogP contribution in [0.25, 0.3) is 0 Å². The van der Waals surface area contributed by atoms with Crippen LogP contribution in [-0.4, -0.2) is 64.3 Å². The van der Waals surface area contributed by atoms with Crippen molar-refractivity contribution < 1.29 is 19.8 Å². The lowest BCUT2D eigenvalue weighted by Gasteiger charge is -2.31. The molecule has 18 heavy (non-hydrogen) atoms. The Hall–Kier alpha value is -1.30. The highest BCUT2D eigenvalue weighted by atomic mass is 16.4. The molecule has 1 saturated heterocycles. The molecule has 0 aromatic rings. The van der Waals surface area contributed by atoms with Gasteiger partial charge in [-0.3, -0.25) is 0 Å². The second-order valence-corrected chi connectivity index (χ2v) is 4.91. The van der Waals surface area contributed by atoms with Gasteiger partial charge < -0.3 is 20.0 Å². The first-order valence-corrected chi connectivity index (χ1v) is 6.36. The van der Waals surface area contributed by atoms with Crippen LogP contribution in [0.15, 0.2) is 0 Å². The molecule has 2 atom stereocenters. The number of urea groups is 1. The van der Waals surface area contributed by atoms with Crippen LogP contribution in [0, 0.1) is 0 Å². The summed E-state index contributed by atoms with van der Waals surface area (Å²) in [4.78, 5) is 26.2. The average molecular weight is 258 g/mol. The second-order valence-electron chi connectivity index (χ2n) is 4.91. The summed E-state index contributed by atoms with van der Waals surface area (Å²) in [5.74, 6) is -0.948. The highest BCUT2D eigenvalue weighted by Crippen LogP contribution is 2.18. The Kier molecular flexibility index (Phi) is 5.40. The second kappa shape index (κ2) is 6.58. The van der Waals surface area contributed by atoms with E-state index in [2.05, 4.69) is 0 Å². The third-order valence-electron chi connectivity index (χ3n) is 3.15. The van der Waals surface area contributed by atoms with E-state index in [1.807, 2.05) is 0 Å². The normalized spacial score (nSPS) is 22.2. The number of nitrogens with zero attached hydrogens (tertiary/aromatic N) is 2. The number of hydrogen-bond acceptors (Lipinski definition) is 3. The van der Waals surface area contributed by atoms with Crippen LogP contribution in [0.5, 0.6) is 0 Å². The van der Waals surface area contributed by atoms with Gasteiger partial charge in [-0.2, -0.15) is 0 Å². The number of aliphatic hydroxyl groups is 1. The number of carbonyl (C=O) groups is 2. The Morgan fingerprint density at radius 1 is 1.39 bits per heavy atom. The molecule has 0 radical (unpaired) electrons. The van der Waals surface area contributed by atoms with Crippen LogP contribution in [0.3, 0.4) is 0 Å². The number of likely N-dealkylation sites (tertiary alicyclic amines) is 1. The fourth-order valence-electron chi connectivity index (χ4n) is 2.29. The van der Waals surface area contributed by atoms with Gasteiger partial charge in [-0.25, -0.2) is 9.59 Å². The first kappa shape index (κ1) is 14.8. The van der Waals surface area contributed by atoms with Gasteiger partial charge in [0.25, 0.3) is 0 Å². The molecule has 1 heterocycles. The fourth-order valence-corrected chi connectivity index (χ4v) is 2.29. The van der Waals surface area contributed by atoms with E-state index < -0.39 is 18.1 Å². The van der Waals surface area contributed by atoms with Gasteiger partial charge in [-0.1, -0.05) is 12.8 Å². The van der Waals surface area contributed by atoms with E-state index in [0.29, 0.717) is 13.0 Å². The first-order chi connectivity index (χ1) is 8.43. The summed E-state index contributed by atoms with van der Waals surface area (Å²) in [6, 6.07) is -1.05. The third-order valence-corrected chi connectivity index (χ3v) is 3.15. The molecule has 0 aromatic heterocycles. The number of aliphatic carboxylic acids is 1. The van der Waals surface area contributed by atoms with E-state index in [9.17, 15) is 19.8 Å². The van der Waals surface area contributed by atoms with Crippen molar-refractivity contribution in [1.29, 1.82) is 0 Å². The van der Waals surface area contributed by atoms with Gasteiger partial charge in [0.15, 0.2) is 0 Å². The third kappa shape index (κ3) is 3.87. The highest BCUT2D eigenvalue weighted by molar-refractivity contribution is 5.82. The van der Waals surface area contributed by atoms with Gasteiger partial charge in [-0.15, -0.1) is 0 Å². The first-order valence-electron chi connectivity index (χ1n) is 6.36. The Labute approximate surface area is 107 Å². The minimum absolute atomic E-state index is 0.210. The van der Waals surface area contributed by atoms with Gasteiger partial charge >= 0.3 is 12.0 Å². The van der Waals surface area contributed by atoms with Crippen molar-refractivity contribution in [3.63, 3.8) is 0 Å². The van der Waals surface area contributed by atoms with Crippen molar-refractivity contribution >= 4 is 12.0 Å². The molecule has 1 fully saturated rings. The summed E-state index contributed by atoms with van der Waals surface area (Å²) >= 11 is 0. The van der Waals surface area contributed by atoms with Gasteiger partial charge in [0.05, 0.1) is 6.10 Å². The molecule has 6 nitrogen and oxygen atoms in total. The van der Waals surface area contributed by atoms with Gasteiger partial charge in [-0.05, 0) is 19.8 Å². The minimum Gasteiger partial charge on any atom is -0.480 e. The maximum Gasteiger partial charge on any atom is 0.326 e. The van der Waals surface area contributed by atoms with E-state index in [4.69, 9.17) is 0 Å². The predicted octanol–water partition coefficient (Wildman–Crippen LogP) is 0.748. The van der Waals surface area contributed by atoms with Crippen LogP contribution in [0.1, 0.15) is 32.6 Å². The Morgan fingerprint density at radius 2 is 2.06 bits per heavy atom. The fraction of sp³-hybridized carbons (Fsp3) is 0.833. The molecule has 1 rings (SSSR count). The monoisotopic (exact) mass is 258 g/mol. The van der Waals surface area contributed by atoms with Crippen molar-refractivity contribution in [3.05, 3.63) is 0 Å². The van der Waals surface area contributed by atoms with Crippen molar-refractivity contribution in [2.45, 2.75) is 44.8 Å². The molecule has 2 amide bonds. The highest BCUT2D eigenvalue weighted by Gasteiger charge is 2.32. The maximum atomic E-state index is 12.2. The number of aliphatic hydroxyl groups excluding tert-OH is 1. The van der Waals surface area contributed by atoms with Crippen molar-refractivity contribution in [2.75, 3.05) is 20.1 Å². The number of hydrogen-bond donors (Lipinski definition) is 2. The number of carbonyl (C=O) groups excluding carboxylic acids is 1. The summed E-state index contributed by atoms with van der Waals surface area (Å²) in [5, 5.41) is 18.5. The van der Waals surface area contributed by atoms with Gasteiger partial charge in [0.1, 0.15) is 6.04 Å². The van der Waals surface area contributed by atoms with Crippen LogP contribution >= 0.6 is 0 Å². The summed E-state index contributed by atoms with van der Waals surface area (Å²) in [6.45, 7) is 2.28. The Balaban J connectivity index is 2.75. The number of amides is 2. The van der Waals surface area contributed by atoms with Crippen LogP contribution in [-0.2, 0) is 4.79 Å². The van der Waals surface area contributed by atoms with Crippen molar-refractivity contribution in [2.24, 2.45) is 0 Å². The lowest BCUT2D eigenvalue weighted by Crippen LogP contribution is -2.50. The molecule has 2 unspecified atom stereocenters. The SMILES string of the molecule is CC(O)CN(C)C(=O)N1CCCCCC1C(=O)O. The molecule has 1 aliphatic rings. The number of carboxylic acids is 1. The summed E-state index contributed by atoms with van der Waals surface area (Å²) in [5.41, 5.74) is 0. The summed E-state index contributed by atoms with van der Waals surface area (Å²) in [6.07, 6.45) is 2.50.